The summed E-state index contributed by atoms with van der Waals surface area (Å²) in [7, 11) is 0. The van der Waals surface area contributed by atoms with E-state index in [2.05, 4.69) is 41.4 Å². The van der Waals surface area contributed by atoms with Gasteiger partial charge in [0, 0.05) is 17.6 Å². The largest absolute Gasteiger partial charge is 0.485 e. The van der Waals surface area contributed by atoms with Crippen molar-refractivity contribution in [3.8, 4) is 11.5 Å². The van der Waals surface area contributed by atoms with E-state index in [0.717, 1.165) is 33.8 Å². The minimum absolute atomic E-state index is 0.0668. The zero-order valence-electron chi connectivity index (χ0n) is 21.9. The highest BCUT2D eigenvalue weighted by Crippen LogP contribution is 2.40. The zero-order chi connectivity index (χ0) is 27.1. The van der Waals surface area contributed by atoms with Crippen LogP contribution in [0.3, 0.4) is 0 Å². The summed E-state index contributed by atoms with van der Waals surface area (Å²) in [5.41, 5.74) is 5.26. The maximum Gasteiger partial charge on any atom is 0.162 e. The van der Waals surface area contributed by atoms with Crippen molar-refractivity contribution in [3.05, 3.63) is 155 Å². The zero-order valence-corrected chi connectivity index (χ0v) is 22.6. The average molecular weight is 546 g/mol. The minimum atomic E-state index is -0.0668. The van der Waals surface area contributed by atoms with Crippen LogP contribution >= 0.6 is 11.6 Å². The fraction of sp³-hybridized carbons (Fsp3) is 0.118. The van der Waals surface area contributed by atoms with Crippen LogP contribution in [-0.2, 0) is 13.2 Å². The van der Waals surface area contributed by atoms with Crippen LogP contribution in [0.25, 0.3) is 0 Å². The molecule has 0 saturated carbocycles. The molecule has 198 valence electrons. The van der Waals surface area contributed by atoms with Gasteiger partial charge in [0.15, 0.2) is 11.5 Å². The van der Waals surface area contributed by atoms with E-state index in [1.54, 1.807) is 6.20 Å². The van der Waals surface area contributed by atoms with E-state index in [9.17, 15) is 0 Å². The standard InChI is InChI=1S/C34H28ClN3O2/c35-29-17-14-27(15-18-29)30-22-31(38(37-30)34-13-7-8-20-36-34)28-16-19-32(39-23-25-9-3-1-4-10-25)33(21-28)40-24-26-11-5-2-6-12-26/h1-21,31H,22-24H2. The lowest BCUT2D eigenvalue weighted by atomic mass is 9.98. The van der Waals surface area contributed by atoms with Gasteiger partial charge in [0.2, 0.25) is 0 Å². The molecule has 4 aromatic carbocycles. The van der Waals surface area contributed by atoms with Crippen molar-refractivity contribution < 1.29 is 9.47 Å². The summed E-state index contributed by atoms with van der Waals surface area (Å²) < 4.78 is 12.6. The Labute approximate surface area is 239 Å². The van der Waals surface area contributed by atoms with Gasteiger partial charge in [-0.2, -0.15) is 5.10 Å². The second kappa shape index (κ2) is 12.1. The number of benzene rings is 4. The molecule has 40 heavy (non-hydrogen) atoms. The molecule has 0 spiro atoms. The van der Waals surface area contributed by atoms with Gasteiger partial charge < -0.3 is 9.47 Å². The fourth-order valence-electron chi connectivity index (χ4n) is 4.72. The molecule has 0 bridgehead atoms. The number of rotatable bonds is 9. The molecular formula is C34H28ClN3O2. The molecule has 1 atom stereocenters. The van der Waals surface area contributed by atoms with Crippen molar-refractivity contribution in [1.29, 1.82) is 0 Å². The summed E-state index contributed by atoms with van der Waals surface area (Å²) in [4.78, 5) is 4.60. The summed E-state index contributed by atoms with van der Waals surface area (Å²) in [6.07, 6.45) is 2.50. The number of halogens is 1. The maximum atomic E-state index is 6.37. The summed E-state index contributed by atoms with van der Waals surface area (Å²) in [5, 5.41) is 7.70. The smallest absolute Gasteiger partial charge is 0.162 e. The van der Waals surface area contributed by atoms with Crippen LogP contribution in [-0.4, -0.2) is 10.7 Å². The SMILES string of the molecule is Clc1ccc(C2=NN(c3ccccn3)C(c3ccc(OCc4ccccc4)c(OCc4ccccc4)c3)C2)cc1. The molecule has 1 aliphatic heterocycles. The highest BCUT2D eigenvalue weighted by atomic mass is 35.5. The lowest BCUT2D eigenvalue weighted by molar-refractivity contribution is 0.255. The first-order valence-corrected chi connectivity index (χ1v) is 13.6. The van der Waals surface area contributed by atoms with Gasteiger partial charge in [0.1, 0.15) is 19.0 Å². The molecular weight excluding hydrogens is 518 g/mol. The third kappa shape index (κ3) is 6.00. The van der Waals surface area contributed by atoms with Crippen LogP contribution in [0.5, 0.6) is 11.5 Å². The van der Waals surface area contributed by atoms with Crippen LogP contribution in [0.1, 0.15) is 34.7 Å². The molecule has 0 fully saturated rings. The van der Waals surface area contributed by atoms with E-state index >= 15 is 0 Å². The molecule has 2 heterocycles. The Balaban J connectivity index is 1.32. The van der Waals surface area contributed by atoms with E-state index < -0.39 is 0 Å². The van der Waals surface area contributed by atoms with E-state index in [1.807, 2.05) is 89.9 Å². The van der Waals surface area contributed by atoms with Gasteiger partial charge in [-0.15, -0.1) is 0 Å². The molecule has 0 amide bonds. The molecule has 1 unspecified atom stereocenters. The van der Waals surface area contributed by atoms with Crippen molar-refractivity contribution in [2.75, 3.05) is 5.01 Å². The second-order valence-electron chi connectivity index (χ2n) is 9.56. The summed E-state index contributed by atoms with van der Waals surface area (Å²) in [6.45, 7) is 0.891. The van der Waals surface area contributed by atoms with Gasteiger partial charge in [-0.25, -0.2) is 9.99 Å². The van der Waals surface area contributed by atoms with E-state index in [1.165, 1.54) is 0 Å². The van der Waals surface area contributed by atoms with Gasteiger partial charge >= 0.3 is 0 Å². The number of ether oxygens (including phenoxy) is 2. The minimum Gasteiger partial charge on any atom is -0.485 e. The lowest BCUT2D eigenvalue weighted by Crippen LogP contribution is -2.19. The molecule has 0 radical (unpaired) electrons. The Kier molecular flexibility index (Phi) is 7.73. The first-order chi connectivity index (χ1) is 19.7. The second-order valence-corrected chi connectivity index (χ2v) is 10.00. The van der Waals surface area contributed by atoms with E-state index in [-0.39, 0.29) is 6.04 Å². The molecule has 6 heteroatoms. The Hall–Kier alpha value is -4.61. The van der Waals surface area contributed by atoms with E-state index in [4.69, 9.17) is 26.2 Å². The van der Waals surface area contributed by atoms with Gasteiger partial charge in [0.05, 0.1) is 11.8 Å². The van der Waals surface area contributed by atoms with Gasteiger partial charge in [0.25, 0.3) is 0 Å². The van der Waals surface area contributed by atoms with Crippen molar-refractivity contribution in [1.82, 2.24) is 4.98 Å². The third-order valence-electron chi connectivity index (χ3n) is 6.80. The molecule has 1 aliphatic rings. The average Bonchev–Trinajstić information content (AvgIpc) is 3.47. The third-order valence-corrected chi connectivity index (χ3v) is 7.05. The quantitative estimate of drug-likeness (QED) is 0.187. The fourth-order valence-corrected chi connectivity index (χ4v) is 4.85. The summed E-state index contributed by atoms with van der Waals surface area (Å²) >= 11 is 6.15. The normalized spacial score (nSPS) is 14.6. The van der Waals surface area contributed by atoms with Crippen molar-refractivity contribution in [2.45, 2.75) is 25.7 Å². The first-order valence-electron chi connectivity index (χ1n) is 13.2. The topological polar surface area (TPSA) is 47.0 Å². The highest BCUT2D eigenvalue weighted by Gasteiger charge is 2.31. The Morgan fingerprint density at radius 1 is 0.700 bits per heavy atom. The Morgan fingerprint density at radius 3 is 2.00 bits per heavy atom. The molecule has 1 aromatic heterocycles. The number of nitrogens with zero attached hydrogens (tertiary/aromatic N) is 3. The van der Waals surface area contributed by atoms with Crippen LogP contribution in [0.15, 0.2) is 133 Å². The van der Waals surface area contributed by atoms with Crippen molar-refractivity contribution in [2.24, 2.45) is 5.10 Å². The first kappa shape index (κ1) is 25.7. The van der Waals surface area contributed by atoms with Gasteiger partial charge in [-0.05, 0) is 58.7 Å². The number of hydrogen-bond acceptors (Lipinski definition) is 5. The van der Waals surface area contributed by atoms with Crippen LogP contribution in [0.2, 0.25) is 5.02 Å². The van der Waals surface area contributed by atoms with Gasteiger partial charge in [-0.1, -0.05) is 96.5 Å². The highest BCUT2D eigenvalue weighted by molar-refractivity contribution is 6.30. The number of hydrogen-bond donors (Lipinski definition) is 0. The molecule has 0 aliphatic carbocycles. The van der Waals surface area contributed by atoms with E-state index in [0.29, 0.717) is 36.2 Å². The van der Waals surface area contributed by atoms with Crippen LogP contribution < -0.4 is 14.5 Å². The molecule has 5 nitrogen and oxygen atoms in total. The van der Waals surface area contributed by atoms with Gasteiger partial charge in [-0.3, -0.25) is 0 Å². The Bertz CT molecular complexity index is 1580. The number of aromatic nitrogens is 1. The Morgan fingerprint density at radius 2 is 1.35 bits per heavy atom. The molecule has 6 rings (SSSR count). The van der Waals surface area contributed by atoms with Crippen molar-refractivity contribution in [3.63, 3.8) is 0 Å². The maximum absolute atomic E-state index is 6.37. The molecule has 0 N–H and O–H groups in total. The summed E-state index contributed by atoms with van der Waals surface area (Å²) in [5.74, 6) is 2.18. The molecule has 0 saturated heterocycles. The predicted octanol–water partition coefficient (Wildman–Crippen LogP) is 8.25. The predicted molar refractivity (Wildman–Crippen MR) is 160 cm³/mol. The monoisotopic (exact) mass is 545 g/mol. The summed E-state index contributed by atoms with van der Waals surface area (Å²) in [6, 6.07) is 40.0. The molecule has 5 aromatic rings. The number of hydrazone groups is 1. The van der Waals surface area contributed by atoms with Crippen LogP contribution in [0.4, 0.5) is 5.82 Å². The lowest BCUT2D eigenvalue weighted by Gasteiger charge is -2.24. The van der Waals surface area contributed by atoms with Crippen molar-refractivity contribution >= 4 is 23.1 Å². The van der Waals surface area contributed by atoms with Crippen LogP contribution in [0, 0.1) is 0 Å². The number of pyridine rings is 1. The number of anilines is 1.